The number of carbonyl (C=O) groups is 1. The number of pyridine rings is 1. The molecule has 1 N–H and O–H groups in total. The van der Waals surface area contributed by atoms with E-state index >= 15 is 0 Å². The summed E-state index contributed by atoms with van der Waals surface area (Å²) in [5.74, 6) is 2.51. The summed E-state index contributed by atoms with van der Waals surface area (Å²) < 4.78 is 0. The molecule has 2 aromatic rings. The maximum absolute atomic E-state index is 12.8. The number of aryl methyl sites for hydroxylation is 1. The molecule has 2 bridgehead atoms. The fourth-order valence-electron chi connectivity index (χ4n) is 4.96. The monoisotopic (exact) mass is 408 g/mol. The zero-order valence-corrected chi connectivity index (χ0v) is 18.0. The number of rotatable bonds is 7. The first-order valence-corrected chi connectivity index (χ1v) is 11.3. The number of nitrogens with zero attached hydrogens (tertiary/aromatic N) is 3. The Morgan fingerprint density at radius 3 is 2.90 bits per heavy atom. The summed E-state index contributed by atoms with van der Waals surface area (Å²) in [7, 11) is 2.05. The molecule has 0 aliphatic heterocycles. The van der Waals surface area contributed by atoms with Crippen LogP contribution in [0.2, 0.25) is 0 Å². The molecule has 152 valence electrons. The van der Waals surface area contributed by atoms with Crippen molar-refractivity contribution in [3.63, 3.8) is 0 Å². The Bertz CT molecular complexity index is 917. The molecule has 2 fully saturated rings. The summed E-state index contributed by atoms with van der Waals surface area (Å²) in [6.07, 6.45) is 8.38. The minimum Gasteiger partial charge on any atom is -0.360 e. The Labute approximate surface area is 176 Å². The van der Waals surface area contributed by atoms with Gasteiger partial charge in [-0.3, -0.25) is 4.79 Å². The second-order valence-electron chi connectivity index (χ2n) is 8.45. The van der Waals surface area contributed by atoms with E-state index in [0.717, 1.165) is 48.1 Å². The Kier molecular flexibility index (Phi) is 5.86. The van der Waals surface area contributed by atoms with E-state index in [1.807, 2.05) is 32.2 Å². The third kappa shape index (κ3) is 4.16. The lowest BCUT2D eigenvalue weighted by molar-refractivity contribution is -0.121. The number of aromatic nitrogens is 1. The van der Waals surface area contributed by atoms with E-state index in [9.17, 15) is 10.1 Å². The van der Waals surface area contributed by atoms with Crippen molar-refractivity contribution in [2.45, 2.75) is 45.4 Å². The number of nitriles is 1. The van der Waals surface area contributed by atoms with E-state index < -0.39 is 0 Å². The molecule has 2 aromatic heterocycles. The van der Waals surface area contributed by atoms with Crippen LogP contribution in [0.4, 0.5) is 10.8 Å². The van der Waals surface area contributed by atoms with Gasteiger partial charge in [0.2, 0.25) is 5.91 Å². The number of hydrogen-bond acceptors (Lipinski definition) is 5. The standard InChI is InChI=1S/C23H28N4OS/c1-15-19(14-24)23(26-22(28)18-13-16-8-9-17(18)12-16)29-20(15)6-5-11-27(2)21-7-3-4-10-25-21/h3-4,7,10,16-18H,5-6,8-9,11-13H2,1-2H3,(H,26,28)/t16-,17-,18+/m0/s1. The van der Waals surface area contributed by atoms with E-state index in [1.165, 1.54) is 24.1 Å². The highest BCUT2D eigenvalue weighted by molar-refractivity contribution is 7.16. The summed E-state index contributed by atoms with van der Waals surface area (Å²) in [4.78, 5) is 20.5. The number of amides is 1. The summed E-state index contributed by atoms with van der Waals surface area (Å²) >= 11 is 1.58. The second kappa shape index (κ2) is 8.54. The summed E-state index contributed by atoms with van der Waals surface area (Å²) in [6.45, 7) is 2.89. The van der Waals surface area contributed by atoms with E-state index in [2.05, 4.69) is 21.3 Å². The van der Waals surface area contributed by atoms with Crippen molar-refractivity contribution in [2.24, 2.45) is 17.8 Å². The first-order chi connectivity index (χ1) is 14.1. The van der Waals surface area contributed by atoms with Gasteiger partial charge < -0.3 is 10.2 Å². The molecule has 0 unspecified atom stereocenters. The Morgan fingerprint density at radius 1 is 1.38 bits per heavy atom. The molecule has 0 aromatic carbocycles. The molecule has 0 saturated heterocycles. The SMILES string of the molecule is Cc1c(CCCN(C)c2ccccn2)sc(NC(=O)[C@@H]2C[C@H]3CC[C@H]2C3)c1C#N. The third-order valence-electron chi connectivity index (χ3n) is 6.61. The fourth-order valence-corrected chi connectivity index (χ4v) is 6.16. The van der Waals surface area contributed by atoms with Crippen molar-refractivity contribution >= 4 is 28.1 Å². The largest absolute Gasteiger partial charge is 0.360 e. The number of thiophene rings is 1. The number of anilines is 2. The lowest BCUT2D eigenvalue weighted by Crippen LogP contribution is -2.27. The summed E-state index contributed by atoms with van der Waals surface area (Å²) in [5, 5.41) is 13.5. The fraction of sp³-hybridized carbons (Fsp3) is 0.522. The molecule has 2 saturated carbocycles. The van der Waals surface area contributed by atoms with Crippen molar-refractivity contribution in [1.82, 2.24) is 4.98 Å². The number of nitrogens with one attached hydrogen (secondary N) is 1. The van der Waals surface area contributed by atoms with Crippen LogP contribution >= 0.6 is 11.3 Å². The topological polar surface area (TPSA) is 69.0 Å². The number of fused-ring (bicyclic) bond motifs is 2. The Morgan fingerprint density at radius 2 is 2.24 bits per heavy atom. The molecule has 2 heterocycles. The molecule has 5 nitrogen and oxygen atoms in total. The van der Waals surface area contributed by atoms with Crippen LogP contribution in [0.15, 0.2) is 24.4 Å². The van der Waals surface area contributed by atoms with Crippen LogP contribution in [-0.4, -0.2) is 24.5 Å². The summed E-state index contributed by atoms with van der Waals surface area (Å²) in [6, 6.07) is 8.23. The molecule has 6 heteroatoms. The minimum atomic E-state index is 0.122. The predicted molar refractivity (Wildman–Crippen MR) is 117 cm³/mol. The molecular weight excluding hydrogens is 380 g/mol. The second-order valence-corrected chi connectivity index (χ2v) is 9.55. The van der Waals surface area contributed by atoms with Gasteiger partial charge >= 0.3 is 0 Å². The van der Waals surface area contributed by atoms with Gasteiger partial charge in [0.25, 0.3) is 0 Å². The van der Waals surface area contributed by atoms with E-state index in [0.29, 0.717) is 11.5 Å². The Hall–Kier alpha value is -2.39. The van der Waals surface area contributed by atoms with Crippen LogP contribution in [0.25, 0.3) is 0 Å². The van der Waals surface area contributed by atoms with Crippen LogP contribution in [0.5, 0.6) is 0 Å². The molecule has 3 atom stereocenters. The van der Waals surface area contributed by atoms with Gasteiger partial charge in [0.05, 0.1) is 5.56 Å². The minimum absolute atomic E-state index is 0.122. The van der Waals surface area contributed by atoms with Gasteiger partial charge in [0.1, 0.15) is 16.9 Å². The van der Waals surface area contributed by atoms with Gasteiger partial charge in [-0.1, -0.05) is 12.5 Å². The van der Waals surface area contributed by atoms with Crippen LogP contribution in [-0.2, 0) is 11.2 Å². The molecule has 4 rings (SSSR count). The zero-order valence-electron chi connectivity index (χ0n) is 17.1. The summed E-state index contributed by atoms with van der Waals surface area (Å²) in [5.41, 5.74) is 1.65. The highest BCUT2D eigenvalue weighted by Crippen LogP contribution is 2.49. The first kappa shape index (κ1) is 19.9. The molecule has 29 heavy (non-hydrogen) atoms. The molecule has 2 aliphatic rings. The first-order valence-electron chi connectivity index (χ1n) is 10.5. The zero-order chi connectivity index (χ0) is 20.4. The molecule has 2 aliphatic carbocycles. The normalized spacial score (nSPS) is 22.4. The molecule has 0 spiro atoms. The van der Waals surface area contributed by atoms with E-state index in [4.69, 9.17) is 0 Å². The van der Waals surface area contributed by atoms with Gasteiger partial charge in [-0.05, 0) is 68.6 Å². The van der Waals surface area contributed by atoms with Crippen LogP contribution in [0.1, 0.15) is 48.1 Å². The smallest absolute Gasteiger partial charge is 0.228 e. The Balaban J connectivity index is 1.38. The number of carbonyl (C=O) groups excluding carboxylic acids is 1. The van der Waals surface area contributed by atoms with Gasteiger partial charge in [0, 0.05) is 30.6 Å². The van der Waals surface area contributed by atoms with Crippen LogP contribution in [0, 0.1) is 36.0 Å². The lowest BCUT2D eigenvalue weighted by Gasteiger charge is -2.20. The highest BCUT2D eigenvalue weighted by atomic mass is 32.1. The van der Waals surface area contributed by atoms with E-state index in [-0.39, 0.29) is 11.8 Å². The van der Waals surface area contributed by atoms with Crippen molar-refractivity contribution in [2.75, 3.05) is 23.8 Å². The predicted octanol–water partition coefficient (Wildman–Crippen LogP) is 4.77. The van der Waals surface area contributed by atoms with Gasteiger partial charge in [-0.15, -0.1) is 11.3 Å². The van der Waals surface area contributed by atoms with Gasteiger partial charge in [-0.2, -0.15) is 5.26 Å². The lowest BCUT2D eigenvalue weighted by atomic mass is 9.88. The van der Waals surface area contributed by atoms with Crippen molar-refractivity contribution in [1.29, 1.82) is 5.26 Å². The molecular formula is C23H28N4OS. The quantitative estimate of drug-likeness (QED) is 0.717. The van der Waals surface area contributed by atoms with Crippen molar-refractivity contribution < 1.29 is 4.79 Å². The van der Waals surface area contributed by atoms with E-state index in [1.54, 1.807) is 17.5 Å². The maximum atomic E-state index is 12.8. The molecule has 0 radical (unpaired) electrons. The maximum Gasteiger partial charge on any atom is 0.228 e. The average molecular weight is 409 g/mol. The van der Waals surface area contributed by atoms with Crippen molar-refractivity contribution in [3.8, 4) is 6.07 Å². The number of hydrogen-bond donors (Lipinski definition) is 1. The highest BCUT2D eigenvalue weighted by Gasteiger charge is 2.43. The third-order valence-corrected chi connectivity index (χ3v) is 7.87. The average Bonchev–Trinajstić information content (AvgIpc) is 3.44. The van der Waals surface area contributed by atoms with Gasteiger partial charge in [-0.25, -0.2) is 4.98 Å². The van der Waals surface area contributed by atoms with Crippen molar-refractivity contribution in [3.05, 3.63) is 40.4 Å². The van der Waals surface area contributed by atoms with Gasteiger partial charge in [0.15, 0.2) is 0 Å². The molecule has 1 amide bonds. The van der Waals surface area contributed by atoms with Crippen LogP contribution < -0.4 is 10.2 Å². The van der Waals surface area contributed by atoms with Crippen LogP contribution in [0.3, 0.4) is 0 Å².